The van der Waals surface area contributed by atoms with E-state index < -0.39 is 170 Å². The van der Waals surface area contributed by atoms with Crippen LogP contribution in [0.25, 0.3) is 0 Å². The van der Waals surface area contributed by atoms with Gasteiger partial charge in [0.25, 0.3) is 20.0 Å². The van der Waals surface area contributed by atoms with Gasteiger partial charge in [0.1, 0.15) is 0 Å². The maximum Gasteiger partial charge on any atom is 0.460 e. The second-order valence-electron chi connectivity index (χ2n) is 12.9. The zero-order valence-electron chi connectivity index (χ0n) is 32.2. The van der Waals surface area contributed by atoms with Crippen molar-refractivity contribution >= 4 is 28.3 Å². The molecule has 70 heavy (non-hydrogen) atoms. The molecule has 0 aliphatic rings. The first kappa shape index (κ1) is 67.6. The average molecular weight is 1190 g/mol. The summed E-state index contributed by atoms with van der Waals surface area (Å²) in [4.78, 5) is 0. The summed E-state index contributed by atoms with van der Waals surface area (Å²) in [5.74, 6) is -108. The smallest absolute Gasteiger partial charge is 0.309 e. The highest BCUT2D eigenvalue weighted by Crippen LogP contribution is 2.66. The van der Waals surface area contributed by atoms with Gasteiger partial charge in [0.05, 0.1) is 13.2 Å². The number of hydrogen-bond donors (Lipinski definition) is 0. The molecule has 0 aliphatic carbocycles. The Morgan fingerprint density at radius 2 is 0.500 bits per heavy atom. The number of hydrogen-bond acceptors (Lipinski definition) is 7. The Labute approximate surface area is 364 Å². The van der Waals surface area contributed by atoms with Gasteiger partial charge in [-0.05, 0) is 0 Å². The van der Waals surface area contributed by atoms with Gasteiger partial charge in [-0.15, -0.1) is 0 Å². The minimum absolute atomic E-state index is 0.148. The molecule has 0 bridgehead atoms. The van der Waals surface area contributed by atoms with E-state index in [0.29, 0.717) is 0 Å². The van der Waals surface area contributed by atoms with Crippen molar-refractivity contribution < 1.29 is 180 Å². The number of rotatable bonds is 26. The van der Waals surface area contributed by atoms with Gasteiger partial charge in [0.2, 0.25) is 0 Å². The maximum absolute atomic E-state index is 14.5. The molecular weight excluding hydrogens is 1170 g/mol. The van der Waals surface area contributed by atoms with E-state index in [1.165, 1.54) is 0 Å². The molecule has 0 aromatic carbocycles. The Morgan fingerprint density at radius 1 is 0.329 bits per heavy atom. The minimum atomic E-state index is -9.23. The molecule has 0 heterocycles. The van der Waals surface area contributed by atoms with Gasteiger partial charge in [0.15, 0.2) is 0 Å². The van der Waals surface area contributed by atoms with Crippen molar-refractivity contribution in [1.29, 1.82) is 0 Å². The van der Waals surface area contributed by atoms with Crippen LogP contribution < -0.4 is 0 Å². The third-order valence-corrected chi connectivity index (χ3v) is 13.5. The fourth-order valence-corrected chi connectivity index (χ4v) is 7.81. The van der Waals surface area contributed by atoms with Gasteiger partial charge in [-0.3, -0.25) is 4.57 Å². The highest BCUT2D eigenvalue weighted by molar-refractivity contribution is 7.90. The first-order valence-corrected chi connectivity index (χ1v) is 20.3. The molecule has 0 N–H and O–H groups in total. The van der Waals surface area contributed by atoms with Crippen LogP contribution in [0.15, 0.2) is 0 Å². The summed E-state index contributed by atoms with van der Waals surface area (Å²) in [6.45, 7) is -12.2. The van der Waals surface area contributed by atoms with Gasteiger partial charge in [-0.25, -0.2) is 16.8 Å². The van der Waals surface area contributed by atoms with Crippen molar-refractivity contribution in [2.75, 3.05) is 39.4 Å². The van der Waals surface area contributed by atoms with E-state index >= 15 is 0 Å². The van der Waals surface area contributed by atoms with E-state index in [4.69, 9.17) is 0 Å². The fraction of sp³-hybridized carbons (Fsp3) is 1.00. The maximum atomic E-state index is 14.5. The molecule has 9 nitrogen and oxygen atoms in total. The van der Waals surface area contributed by atoms with Crippen molar-refractivity contribution in [3.05, 3.63) is 0 Å². The van der Waals surface area contributed by atoms with E-state index in [9.17, 15) is 171 Å². The molecule has 0 aromatic rings. The summed E-state index contributed by atoms with van der Waals surface area (Å²) < 4.78 is 527. The van der Waals surface area contributed by atoms with Crippen LogP contribution in [0.4, 0.5) is 149 Å². The normalized spacial score (nSPS) is 16.6. The van der Waals surface area contributed by atoms with E-state index in [2.05, 4.69) is 9.05 Å². The van der Waals surface area contributed by atoms with Crippen LogP contribution in [0.1, 0.15) is 13.8 Å². The summed E-state index contributed by atoms with van der Waals surface area (Å²) in [5, 5.41) is -16.2. The second kappa shape index (κ2) is 19.1. The number of alkyl halides is 34. The van der Waals surface area contributed by atoms with Gasteiger partial charge >= 0.3 is 102 Å². The molecule has 0 amide bonds. The van der Waals surface area contributed by atoms with E-state index in [1.54, 1.807) is 0 Å². The Morgan fingerprint density at radius 3 is 0.671 bits per heavy atom. The zero-order chi connectivity index (χ0) is 57.4. The van der Waals surface area contributed by atoms with E-state index in [-0.39, 0.29) is 13.8 Å². The molecule has 0 saturated heterocycles. The van der Waals surface area contributed by atoms with Gasteiger partial charge in [-0.1, -0.05) is 13.8 Å². The van der Waals surface area contributed by atoms with Crippen molar-refractivity contribution in [3.63, 3.8) is 0 Å². The number of halogens is 34. The SMILES string of the molecule is CCN(CCO[PH](=O)OCCN(CC)S(=O)(=O)C(F)(F)C(F)(F)C(F)(F)C(F)(F)C(F)(F)C(F)(F)C(F)(F)C(F)(F)F)S(=O)(=O)C(F)(F)C(F)(F)C(F)(F)C(F)(F)C(F)(F)C(F)(F)C(F)(F)C(F)(F)F. The molecule has 0 fully saturated rings. The number of sulfonamides is 2. The summed E-state index contributed by atoms with van der Waals surface area (Å²) in [5.41, 5.74) is 0. The van der Waals surface area contributed by atoms with Crippen LogP contribution in [0.3, 0.4) is 0 Å². The van der Waals surface area contributed by atoms with E-state index in [0.717, 1.165) is 0 Å². The summed E-state index contributed by atoms with van der Waals surface area (Å²) in [7, 11) is -20.8. The first-order chi connectivity index (χ1) is 30.0. The monoisotopic (exact) mass is 1190 g/mol. The lowest BCUT2D eigenvalue weighted by molar-refractivity contribution is -0.458. The zero-order valence-corrected chi connectivity index (χ0v) is 34.8. The summed E-state index contributed by atoms with van der Waals surface area (Å²) >= 11 is 0. The molecule has 0 radical (unpaired) electrons. The lowest BCUT2D eigenvalue weighted by atomic mass is 9.91. The molecule has 422 valence electrons. The second-order valence-corrected chi connectivity index (χ2v) is 17.9. The Balaban J connectivity index is 6.49. The van der Waals surface area contributed by atoms with Crippen LogP contribution in [-0.2, 0) is 33.7 Å². The molecule has 0 spiro atoms. The third-order valence-electron chi connectivity index (χ3n) is 8.54. The molecule has 0 aromatic heterocycles. The lowest BCUT2D eigenvalue weighted by Gasteiger charge is -2.43. The van der Waals surface area contributed by atoms with Gasteiger partial charge in [0, 0.05) is 26.2 Å². The van der Waals surface area contributed by atoms with Crippen molar-refractivity contribution in [3.8, 4) is 0 Å². The van der Waals surface area contributed by atoms with Crippen LogP contribution in [0.2, 0.25) is 0 Å². The summed E-state index contributed by atoms with van der Waals surface area (Å²) in [6.07, 6.45) is -16.3. The fourth-order valence-electron chi connectivity index (χ4n) is 4.35. The van der Waals surface area contributed by atoms with Crippen LogP contribution in [0.5, 0.6) is 0 Å². The van der Waals surface area contributed by atoms with Crippen molar-refractivity contribution in [1.82, 2.24) is 8.61 Å². The predicted octanol–water partition coefficient (Wildman–Crippen LogP) is 10.6. The molecule has 0 saturated carbocycles. The highest BCUT2D eigenvalue weighted by atomic mass is 32.2. The molecule has 0 rings (SSSR count). The van der Waals surface area contributed by atoms with Crippen molar-refractivity contribution in [2.24, 2.45) is 0 Å². The largest absolute Gasteiger partial charge is 0.460 e. The standard InChI is InChI=1S/C24H19F34N2O7PS2/c1-3-59(69(62,63)23(55,56)19(45,46)15(37,38)11(29,30)9(25,26)13(33,34)17(41,42)21(49,50)51)5-7-66-68(61)67-8-6-60(4-2)70(64,65)24(57,58)20(47,48)16(39,40)12(31,32)10(27,28)14(35,36)18(43,44)22(52,53)54/h68H,3-8H2,1-2H3. The number of likely N-dealkylation sites (N-methyl/N-ethyl adjacent to an activating group) is 2. The van der Waals surface area contributed by atoms with Crippen LogP contribution in [-0.4, -0.2) is 159 Å². The highest BCUT2D eigenvalue weighted by Gasteiger charge is 2.98. The molecule has 46 heteroatoms. The average Bonchev–Trinajstić information content (AvgIpc) is 3.15. The molecule has 0 atom stereocenters. The van der Waals surface area contributed by atoms with Gasteiger partial charge < -0.3 is 9.05 Å². The molecule has 0 unspecified atom stereocenters. The third kappa shape index (κ3) is 9.51. The Kier molecular flexibility index (Phi) is 18.4. The topological polar surface area (TPSA) is 110 Å². The Bertz CT molecular complexity index is 1950. The minimum Gasteiger partial charge on any atom is -0.309 e. The molecular formula is C24H19F34N2O7PS2. The molecule has 0 aliphatic heterocycles. The predicted molar refractivity (Wildman–Crippen MR) is 155 cm³/mol. The van der Waals surface area contributed by atoms with Crippen LogP contribution in [0, 0.1) is 0 Å². The van der Waals surface area contributed by atoms with Crippen molar-refractivity contribution in [2.45, 2.75) is 108 Å². The van der Waals surface area contributed by atoms with Crippen LogP contribution >= 0.6 is 8.25 Å². The quantitative estimate of drug-likeness (QED) is 0.0627. The lowest BCUT2D eigenvalue weighted by Crippen LogP contribution is -2.75. The van der Waals surface area contributed by atoms with E-state index in [1.807, 2.05) is 0 Å². The number of nitrogens with zero attached hydrogens (tertiary/aromatic N) is 2. The first-order valence-electron chi connectivity index (χ1n) is 16.2. The van der Waals surface area contributed by atoms with Gasteiger partial charge in [-0.2, -0.15) is 158 Å². The summed E-state index contributed by atoms with van der Waals surface area (Å²) in [6, 6.07) is 0. The Hall–Kier alpha value is -2.41.